The van der Waals surface area contributed by atoms with E-state index < -0.39 is 6.04 Å². The van der Waals surface area contributed by atoms with E-state index in [1.165, 1.54) is 11.3 Å². The van der Waals surface area contributed by atoms with Gasteiger partial charge in [-0.3, -0.25) is 18.8 Å². The zero-order valence-electron chi connectivity index (χ0n) is 21.3. The van der Waals surface area contributed by atoms with Crippen LogP contribution in [-0.4, -0.2) is 27.4 Å². The number of para-hydroxylation sites is 1. The average molecular weight is 514 g/mol. The van der Waals surface area contributed by atoms with Gasteiger partial charge in [0.1, 0.15) is 5.75 Å². The number of aromatic nitrogens is 3. The number of amides is 1. The average Bonchev–Trinajstić information content (AvgIpc) is 3.37. The van der Waals surface area contributed by atoms with Gasteiger partial charge in [0, 0.05) is 24.0 Å². The summed E-state index contributed by atoms with van der Waals surface area (Å²) in [6.45, 7) is 5.70. The molecule has 0 fully saturated rings. The Hall–Kier alpha value is -4.24. The van der Waals surface area contributed by atoms with Crippen molar-refractivity contribution in [3.63, 3.8) is 0 Å². The van der Waals surface area contributed by atoms with Crippen molar-refractivity contribution in [2.24, 2.45) is 12.0 Å². The Labute approximate surface area is 217 Å². The molecule has 3 heterocycles. The number of allylic oxidation sites excluding steroid dienone is 1. The van der Waals surface area contributed by atoms with Crippen LogP contribution in [0, 0.1) is 13.8 Å². The number of anilines is 1. The van der Waals surface area contributed by atoms with Gasteiger partial charge in [0.25, 0.3) is 11.5 Å². The van der Waals surface area contributed by atoms with Gasteiger partial charge in [-0.25, -0.2) is 4.99 Å². The SMILES string of the molecule is COc1ccc([C@H]2C(C(=O)Nc3ccccc3C)=C(C)N=c3s/c(=C/c4cnn(C)c4C)c(=O)n32)cc1. The van der Waals surface area contributed by atoms with Crippen molar-refractivity contribution in [1.29, 1.82) is 0 Å². The van der Waals surface area contributed by atoms with Crippen LogP contribution in [0.5, 0.6) is 5.75 Å². The lowest BCUT2D eigenvalue weighted by Crippen LogP contribution is -2.40. The molecule has 0 bridgehead atoms. The summed E-state index contributed by atoms with van der Waals surface area (Å²) in [4.78, 5) is 32.8. The van der Waals surface area contributed by atoms with Gasteiger partial charge in [0.2, 0.25) is 0 Å². The normalized spacial score (nSPS) is 15.4. The maximum atomic E-state index is 13.8. The summed E-state index contributed by atoms with van der Waals surface area (Å²) in [6.07, 6.45) is 3.57. The minimum atomic E-state index is -0.650. The molecule has 37 heavy (non-hydrogen) atoms. The van der Waals surface area contributed by atoms with Gasteiger partial charge in [0.05, 0.1) is 35.2 Å². The van der Waals surface area contributed by atoms with Gasteiger partial charge < -0.3 is 10.1 Å². The van der Waals surface area contributed by atoms with E-state index in [-0.39, 0.29) is 11.5 Å². The van der Waals surface area contributed by atoms with Crippen molar-refractivity contribution >= 4 is 29.0 Å². The monoisotopic (exact) mass is 513 g/mol. The number of methoxy groups -OCH3 is 1. The van der Waals surface area contributed by atoms with E-state index in [0.29, 0.717) is 32.0 Å². The molecule has 0 saturated heterocycles. The molecule has 1 aliphatic heterocycles. The van der Waals surface area contributed by atoms with Crippen LogP contribution in [0.4, 0.5) is 5.69 Å². The molecular formula is C28H27N5O3S. The van der Waals surface area contributed by atoms with E-state index in [9.17, 15) is 9.59 Å². The number of nitrogens with one attached hydrogen (secondary N) is 1. The minimum Gasteiger partial charge on any atom is -0.497 e. The van der Waals surface area contributed by atoms with Crippen molar-refractivity contribution in [1.82, 2.24) is 14.3 Å². The fourth-order valence-electron chi connectivity index (χ4n) is 4.41. The van der Waals surface area contributed by atoms with E-state index in [0.717, 1.165) is 22.4 Å². The summed E-state index contributed by atoms with van der Waals surface area (Å²) in [5, 5.41) is 7.31. The van der Waals surface area contributed by atoms with Crippen LogP contribution < -0.4 is 24.9 Å². The minimum absolute atomic E-state index is 0.207. The number of ether oxygens (including phenoxy) is 1. The fourth-order valence-corrected chi connectivity index (χ4v) is 5.45. The maximum Gasteiger partial charge on any atom is 0.271 e. The third-order valence-corrected chi connectivity index (χ3v) is 7.63. The van der Waals surface area contributed by atoms with Crippen LogP contribution >= 0.6 is 11.3 Å². The quantitative estimate of drug-likeness (QED) is 0.444. The van der Waals surface area contributed by atoms with E-state index in [4.69, 9.17) is 9.73 Å². The first-order valence-corrected chi connectivity index (χ1v) is 12.6. The highest BCUT2D eigenvalue weighted by atomic mass is 32.1. The summed E-state index contributed by atoms with van der Waals surface area (Å²) >= 11 is 1.31. The lowest BCUT2D eigenvalue weighted by Gasteiger charge is -2.25. The maximum absolute atomic E-state index is 13.8. The van der Waals surface area contributed by atoms with Crippen LogP contribution in [0.3, 0.4) is 0 Å². The van der Waals surface area contributed by atoms with Gasteiger partial charge in [-0.15, -0.1) is 0 Å². The highest BCUT2D eigenvalue weighted by Gasteiger charge is 2.32. The fraction of sp³-hybridized carbons (Fsp3) is 0.214. The van der Waals surface area contributed by atoms with Gasteiger partial charge in [-0.1, -0.05) is 41.7 Å². The van der Waals surface area contributed by atoms with Crippen molar-refractivity contribution < 1.29 is 9.53 Å². The number of benzene rings is 2. The Balaban J connectivity index is 1.68. The molecule has 4 aromatic rings. The second-order valence-corrected chi connectivity index (χ2v) is 9.94. The molecule has 1 amide bonds. The van der Waals surface area contributed by atoms with Crippen LogP contribution in [0.2, 0.25) is 0 Å². The van der Waals surface area contributed by atoms with Crippen molar-refractivity contribution in [3.8, 4) is 5.75 Å². The number of thiazole rings is 1. The summed E-state index contributed by atoms with van der Waals surface area (Å²) in [5.41, 5.74) is 5.04. The Bertz CT molecular complexity index is 1720. The molecule has 2 aromatic heterocycles. The van der Waals surface area contributed by atoms with Crippen molar-refractivity contribution in [2.75, 3.05) is 12.4 Å². The number of carbonyl (C=O) groups excluding carboxylic acids is 1. The molecular weight excluding hydrogens is 486 g/mol. The van der Waals surface area contributed by atoms with Crippen LogP contribution in [0.15, 0.2) is 75.8 Å². The number of nitrogens with zero attached hydrogens (tertiary/aromatic N) is 4. The van der Waals surface area contributed by atoms with E-state index in [2.05, 4.69) is 10.4 Å². The molecule has 2 aromatic carbocycles. The first-order chi connectivity index (χ1) is 17.8. The largest absolute Gasteiger partial charge is 0.497 e. The number of carbonyl (C=O) groups is 1. The molecule has 9 heteroatoms. The second kappa shape index (κ2) is 9.67. The number of hydrogen-bond acceptors (Lipinski definition) is 6. The molecule has 0 radical (unpaired) electrons. The first-order valence-electron chi connectivity index (χ1n) is 11.8. The number of fused-ring (bicyclic) bond motifs is 1. The smallest absolute Gasteiger partial charge is 0.271 e. The van der Waals surface area contributed by atoms with Crippen molar-refractivity contribution in [2.45, 2.75) is 26.8 Å². The molecule has 5 rings (SSSR count). The molecule has 1 atom stereocenters. The third kappa shape index (κ3) is 4.42. The molecule has 1 N–H and O–H groups in total. The molecule has 0 unspecified atom stereocenters. The Morgan fingerprint density at radius 1 is 1.11 bits per heavy atom. The molecule has 188 valence electrons. The molecule has 0 saturated carbocycles. The van der Waals surface area contributed by atoms with Crippen LogP contribution in [0.25, 0.3) is 6.08 Å². The summed E-state index contributed by atoms with van der Waals surface area (Å²) in [5.74, 6) is 0.392. The zero-order chi connectivity index (χ0) is 26.3. The third-order valence-electron chi connectivity index (χ3n) is 6.65. The zero-order valence-corrected chi connectivity index (χ0v) is 22.1. The van der Waals surface area contributed by atoms with Gasteiger partial charge in [-0.05, 0) is 56.2 Å². The van der Waals surface area contributed by atoms with Crippen LogP contribution in [0.1, 0.15) is 35.3 Å². The standard InChI is InChI=1S/C28H27N5O3S/c1-16-8-6-7-9-22(16)31-26(34)24-17(2)30-28-33(25(24)19-10-12-21(36-5)13-11-19)27(35)23(37-28)14-20-15-29-32(4)18(20)3/h6-15,25H,1-5H3,(H,31,34)/b23-14+/t25-/m0/s1. The highest BCUT2D eigenvalue weighted by molar-refractivity contribution is 7.07. The number of aryl methyl sites for hydroxylation is 2. The highest BCUT2D eigenvalue weighted by Crippen LogP contribution is 2.32. The van der Waals surface area contributed by atoms with Gasteiger partial charge in [0.15, 0.2) is 4.80 Å². The van der Waals surface area contributed by atoms with Crippen LogP contribution in [-0.2, 0) is 11.8 Å². The van der Waals surface area contributed by atoms with Gasteiger partial charge >= 0.3 is 0 Å². The van der Waals surface area contributed by atoms with E-state index in [1.807, 2.05) is 82.4 Å². The Kier molecular flexibility index (Phi) is 6.39. The molecule has 0 aliphatic carbocycles. The lowest BCUT2D eigenvalue weighted by molar-refractivity contribution is -0.113. The predicted molar refractivity (Wildman–Crippen MR) is 145 cm³/mol. The topological polar surface area (TPSA) is 90.5 Å². The number of hydrogen-bond donors (Lipinski definition) is 1. The number of rotatable bonds is 5. The lowest BCUT2D eigenvalue weighted by atomic mass is 9.95. The Morgan fingerprint density at radius 2 is 1.84 bits per heavy atom. The van der Waals surface area contributed by atoms with E-state index in [1.54, 1.807) is 22.6 Å². The molecule has 8 nitrogen and oxygen atoms in total. The summed E-state index contributed by atoms with van der Waals surface area (Å²) < 4.78 is 9.24. The van der Waals surface area contributed by atoms with E-state index >= 15 is 0 Å². The first kappa shape index (κ1) is 24.5. The summed E-state index contributed by atoms with van der Waals surface area (Å²) in [7, 11) is 3.46. The summed E-state index contributed by atoms with van der Waals surface area (Å²) in [6, 6.07) is 14.4. The Morgan fingerprint density at radius 3 is 2.49 bits per heavy atom. The molecule has 1 aliphatic rings. The second-order valence-electron chi connectivity index (χ2n) is 8.93. The molecule has 0 spiro atoms. The predicted octanol–water partition coefficient (Wildman–Crippen LogP) is 3.23. The van der Waals surface area contributed by atoms with Crippen molar-refractivity contribution in [3.05, 3.63) is 108 Å². The van der Waals surface area contributed by atoms with Gasteiger partial charge in [-0.2, -0.15) is 5.10 Å².